The van der Waals surface area contributed by atoms with Gasteiger partial charge < -0.3 is 10.2 Å². The molecule has 3 heterocycles. The Morgan fingerprint density at radius 3 is 2.30 bits per heavy atom. The van der Waals surface area contributed by atoms with E-state index in [1.807, 2.05) is 31.2 Å². The molecule has 2 saturated heterocycles. The van der Waals surface area contributed by atoms with Crippen LogP contribution in [0, 0.1) is 28.1 Å². The van der Waals surface area contributed by atoms with Crippen LogP contribution >= 0.6 is 11.8 Å². The third kappa shape index (κ3) is 7.09. The normalized spacial score (nSPS) is 17.9. The lowest BCUT2D eigenvalue weighted by Crippen LogP contribution is -2.45. The number of hydrogen-bond acceptors (Lipinski definition) is 8. The smallest absolute Gasteiger partial charge is 0.235 e. The largest absolute Gasteiger partial charge is 0.355 e. The van der Waals surface area contributed by atoms with E-state index in [1.165, 1.54) is 16.1 Å². The predicted octanol–water partition coefficient (Wildman–Crippen LogP) is 5.21. The van der Waals surface area contributed by atoms with Crippen LogP contribution in [-0.4, -0.2) is 51.4 Å². The van der Waals surface area contributed by atoms with E-state index in [2.05, 4.69) is 43.1 Å². The Kier molecular flexibility index (Phi) is 9.66. The first-order valence-electron chi connectivity index (χ1n) is 14.1. The van der Waals surface area contributed by atoms with Crippen LogP contribution < -0.4 is 14.5 Å². The lowest BCUT2D eigenvalue weighted by atomic mass is 9.95. The van der Waals surface area contributed by atoms with Crippen molar-refractivity contribution < 1.29 is 8.42 Å². The summed E-state index contributed by atoms with van der Waals surface area (Å²) in [4.78, 5) is 7.12. The number of rotatable bonds is 8. The molecule has 0 radical (unpaired) electrons. The summed E-state index contributed by atoms with van der Waals surface area (Å²) in [7, 11) is -3.25. The lowest BCUT2D eigenvalue weighted by molar-refractivity contribution is 0.323. The fourth-order valence-electron chi connectivity index (χ4n) is 5.25. The van der Waals surface area contributed by atoms with Gasteiger partial charge in [-0.25, -0.2) is 13.4 Å². The molecule has 10 heteroatoms. The van der Waals surface area contributed by atoms with E-state index in [1.54, 1.807) is 0 Å². The molecule has 1 N–H and O–H groups in total. The molecule has 2 fully saturated rings. The number of nitriles is 2. The molecule has 0 saturated carbocycles. The maximum Gasteiger partial charge on any atom is 0.235 e. The number of thioether (sulfide) groups is 1. The number of aromatic nitrogens is 1. The summed E-state index contributed by atoms with van der Waals surface area (Å²) < 4.78 is 26.4. The van der Waals surface area contributed by atoms with Crippen molar-refractivity contribution >= 4 is 33.3 Å². The molecule has 0 spiro atoms. The van der Waals surface area contributed by atoms with Gasteiger partial charge in [-0.15, -0.1) is 11.8 Å². The second-order valence-electron chi connectivity index (χ2n) is 11.8. The summed E-state index contributed by atoms with van der Waals surface area (Å²) in [5.41, 5.74) is 3.69. The van der Waals surface area contributed by atoms with E-state index in [-0.39, 0.29) is 11.2 Å². The van der Waals surface area contributed by atoms with Gasteiger partial charge in [0.1, 0.15) is 23.0 Å². The Morgan fingerprint density at radius 1 is 1.05 bits per heavy atom. The summed E-state index contributed by atoms with van der Waals surface area (Å²) in [6, 6.07) is 12.7. The number of nitrogens with zero attached hydrogens (tertiary/aromatic N) is 5. The average Bonchev–Trinajstić information content (AvgIpc) is 2.94. The molecule has 1 aromatic carbocycles. The highest BCUT2D eigenvalue weighted by molar-refractivity contribution is 7.98. The quantitative estimate of drug-likeness (QED) is 0.423. The highest BCUT2D eigenvalue weighted by Gasteiger charge is 2.28. The fourth-order valence-corrected chi connectivity index (χ4v) is 7.85. The van der Waals surface area contributed by atoms with Gasteiger partial charge in [0, 0.05) is 38.0 Å². The van der Waals surface area contributed by atoms with E-state index >= 15 is 0 Å². The summed E-state index contributed by atoms with van der Waals surface area (Å²) in [5, 5.41) is 24.5. The molecule has 1 aromatic heterocycles. The Labute approximate surface area is 243 Å². The van der Waals surface area contributed by atoms with E-state index < -0.39 is 10.0 Å². The first-order chi connectivity index (χ1) is 19.1. The van der Waals surface area contributed by atoms with E-state index in [0.29, 0.717) is 58.8 Å². The standard InChI is InChI=1S/C30H40N6O2S2/c1-5-25-26(18-31)28(35-15-12-23(13-16-35)33-21-30(2,3)4)34-29(27(25)19-32)39-20-22-8-10-24(11-9-22)36-14-6-7-17-40(36,37)38/h8-11,23,33H,5-7,12-17,20-21H2,1-4H3. The van der Waals surface area contributed by atoms with Crippen LogP contribution in [0.25, 0.3) is 0 Å². The fraction of sp³-hybridized carbons (Fsp3) is 0.567. The number of benzene rings is 1. The van der Waals surface area contributed by atoms with Crippen LogP contribution in [0.4, 0.5) is 11.5 Å². The minimum atomic E-state index is -3.25. The highest BCUT2D eigenvalue weighted by Crippen LogP contribution is 2.35. The summed E-state index contributed by atoms with van der Waals surface area (Å²) >= 11 is 1.49. The predicted molar refractivity (Wildman–Crippen MR) is 162 cm³/mol. The molecule has 0 unspecified atom stereocenters. The molecule has 2 aliphatic rings. The SMILES string of the molecule is CCc1c(C#N)c(SCc2ccc(N3CCCCS3(=O)=O)cc2)nc(N2CCC(NCC(C)(C)C)CC2)c1C#N. The Balaban J connectivity index is 1.52. The zero-order valence-electron chi connectivity index (χ0n) is 24.0. The Bertz CT molecular complexity index is 1380. The van der Waals surface area contributed by atoms with Gasteiger partial charge in [0.25, 0.3) is 0 Å². The minimum Gasteiger partial charge on any atom is -0.355 e. The van der Waals surface area contributed by atoms with Gasteiger partial charge in [-0.3, -0.25) is 4.31 Å². The van der Waals surface area contributed by atoms with Crippen LogP contribution in [-0.2, 0) is 22.2 Å². The molecule has 0 atom stereocenters. The molecule has 0 aliphatic carbocycles. The van der Waals surface area contributed by atoms with Crippen molar-refractivity contribution in [2.45, 2.75) is 76.6 Å². The summed E-state index contributed by atoms with van der Waals surface area (Å²) in [5.74, 6) is 1.46. The first kappa shape index (κ1) is 30.2. The van der Waals surface area contributed by atoms with Crippen molar-refractivity contribution in [2.24, 2.45) is 5.41 Å². The van der Waals surface area contributed by atoms with Crippen LogP contribution in [0.15, 0.2) is 29.3 Å². The van der Waals surface area contributed by atoms with Crippen molar-refractivity contribution in [1.29, 1.82) is 10.5 Å². The van der Waals surface area contributed by atoms with Crippen LogP contribution in [0.3, 0.4) is 0 Å². The lowest BCUT2D eigenvalue weighted by Gasteiger charge is -2.35. The van der Waals surface area contributed by atoms with Gasteiger partial charge in [-0.05, 0) is 60.8 Å². The monoisotopic (exact) mass is 580 g/mol. The molecule has 40 heavy (non-hydrogen) atoms. The third-order valence-electron chi connectivity index (χ3n) is 7.49. The number of sulfonamides is 1. The van der Waals surface area contributed by atoms with E-state index in [4.69, 9.17) is 4.98 Å². The van der Waals surface area contributed by atoms with Crippen molar-refractivity contribution in [3.63, 3.8) is 0 Å². The average molecular weight is 581 g/mol. The molecule has 0 amide bonds. The number of piperidine rings is 1. The highest BCUT2D eigenvalue weighted by atomic mass is 32.2. The molecule has 0 bridgehead atoms. The van der Waals surface area contributed by atoms with Crippen molar-refractivity contribution in [1.82, 2.24) is 10.3 Å². The first-order valence-corrected chi connectivity index (χ1v) is 16.7. The zero-order chi connectivity index (χ0) is 28.9. The second kappa shape index (κ2) is 12.8. The molecule has 8 nitrogen and oxygen atoms in total. The van der Waals surface area contributed by atoms with Gasteiger partial charge in [-0.1, -0.05) is 39.8 Å². The van der Waals surface area contributed by atoms with Gasteiger partial charge in [0.15, 0.2) is 0 Å². The Hall–Kier alpha value is -2.79. The van der Waals surface area contributed by atoms with E-state index in [0.717, 1.165) is 50.0 Å². The molecular weight excluding hydrogens is 541 g/mol. The van der Waals surface area contributed by atoms with Crippen LogP contribution in [0.5, 0.6) is 0 Å². The van der Waals surface area contributed by atoms with E-state index in [9.17, 15) is 18.9 Å². The minimum absolute atomic E-state index is 0.194. The third-order valence-corrected chi connectivity index (χ3v) is 10.4. The zero-order valence-corrected chi connectivity index (χ0v) is 25.7. The number of hydrogen-bond donors (Lipinski definition) is 1. The maximum atomic E-state index is 12.5. The number of anilines is 2. The van der Waals surface area contributed by atoms with Crippen LogP contribution in [0.2, 0.25) is 0 Å². The summed E-state index contributed by atoms with van der Waals surface area (Å²) in [6.45, 7) is 11.8. The van der Waals surface area contributed by atoms with Crippen LogP contribution in [0.1, 0.15) is 75.6 Å². The summed E-state index contributed by atoms with van der Waals surface area (Å²) in [6.07, 6.45) is 4.11. The number of pyridine rings is 1. The molecular formula is C30H40N6O2S2. The van der Waals surface area contributed by atoms with Gasteiger partial charge >= 0.3 is 0 Å². The second-order valence-corrected chi connectivity index (χ2v) is 14.8. The van der Waals surface area contributed by atoms with Gasteiger partial charge in [0.05, 0.1) is 22.6 Å². The van der Waals surface area contributed by atoms with Gasteiger partial charge in [-0.2, -0.15) is 10.5 Å². The molecule has 4 rings (SSSR count). The molecule has 2 aromatic rings. The molecule has 214 valence electrons. The maximum absolute atomic E-state index is 12.5. The Morgan fingerprint density at radius 2 is 1.73 bits per heavy atom. The van der Waals surface area contributed by atoms with Crippen molar-refractivity contribution in [3.8, 4) is 12.1 Å². The topological polar surface area (TPSA) is 113 Å². The van der Waals surface area contributed by atoms with Gasteiger partial charge in [0.2, 0.25) is 10.0 Å². The molecule has 2 aliphatic heterocycles. The van der Waals surface area contributed by atoms with Crippen molar-refractivity contribution in [2.75, 3.05) is 41.1 Å². The number of nitrogens with one attached hydrogen (secondary N) is 1. The van der Waals surface area contributed by atoms with Crippen molar-refractivity contribution in [3.05, 3.63) is 46.5 Å².